The molecule has 152 valence electrons. The van der Waals surface area contributed by atoms with Gasteiger partial charge >= 0.3 is 17.2 Å². The molecule has 0 spiro atoms. The van der Waals surface area contributed by atoms with Crippen molar-refractivity contribution in [3.8, 4) is 0 Å². The van der Waals surface area contributed by atoms with Gasteiger partial charge in [0.15, 0.2) is 6.79 Å². The highest BCUT2D eigenvalue weighted by atomic mass is 31.2. The molecular weight excluding hydrogens is 362 g/mol. The third kappa shape index (κ3) is 17.8. The lowest BCUT2D eigenvalue weighted by Gasteiger charge is -2.19. The molecule has 8 heteroatoms. The molecule has 0 aromatic carbocycles. The second kappa shape index (κ2) is 20.9. The first kappa shape index (κ1) is 25.6. The SMILES string of the molecule is CCCCOP(OCCCC)OCOP(OCCCC)OCCCC. The lowest BCUT2D eigenvalue weighted by molar-refractivity contribution is 0.0529. The van der Waals surface area contributed by atoms with Crippen LogP contribution in [0.25, 0.3) is 0 Å². The molecule has 6 nitrogen and oxygen atoms in total. The van der Waals surface area contributed by atoms with Crippen LogP contribution in [0.5, 0.6) is 0 Å². The van der Waals surface area contributed by atoms with Crippen LogP contribution < -0.4 is 0 Å². The quantitative estimate of drug-likeness (QED) is 0.129. The Balaban J connectivity index is 4.13. The van der Waals surface area contributed by atoms with Gasteiger partial charge in [0.2, 0.25) is 0 Å². The Morgan fingerprint density at radius 1 is 0.440 bits per heavy atom. The molecule has 0 rings (SSSR count). The molecule has 25 heavy (non-hydrogen) atoms. The lowest BCUT2D eigenvalue weighted by atomic mass is 10.4. The molecule has 0 fully saturated rings. The van der Waals surface area contributed by atoms with Gasteiger partial charge in [0.1, 0.15) is 0 Å². The summed E-state index contributed by atoms with van der Waals surface area (Å²) in [6, 6.07) is 0. The third-order valence-electron chi connectivity index (χ3n) is 3.09. The molecule has 0 radical (unpaired) electrons. The topological polar surface area (TPSA) is 55.4 Å². The van der Waals surface area contributed by atoms with Crippen LogP contribution in [0.4, 0.5) is 0 Å². The average molecular weight is 400 g/mol. The van der Waals surface area contributed by atoms with Gasteiger partial charge in [-0.2, -0.15) is 0 Å². The van der Waals surface area contributed by atoms with Gasteiger partial charge in [-0.25, -0.2) is 0 Å². The zero-order valence-corrected chi connectivity index (χ0v) is 18.3. The Morgan fingerprint density at radius 2 is 0.720 bits per heavy atom. The van der Waals surface area contributed by atoms with Crippen molar-refractivity contribution < 1.29 is 27.1 Å². The molecule has 0 saturated carbocycles. The first-order valence-corrected chi connectivity index (χ1v) is 11.8. The van der Waals surface area contributed by atoms with Gasteiger partial charge in [-0.3, -0.25) is 9.05 Å². The molecule has 0 aliphatic heterocycles. The highest BCUT2D eigenvalue weighted by molar-refractivity contribution is 7.42. The van der Waals surface area contributed by atoms with E-state index in [2.05, 4.69) is 27.7 Å². The number of hydrogen-bond acceptors (Lipinski definition) is 6. The predicted molar refractivity (Wildman–Crippen MR) is 104 cm³/mol. The molecule has 0 atom stereocenters. The summed E-state index contributed by atoms with van der Waals surface area (Å²) in [4.78, 5) is 0. The van der Waals surface area contributed by atoms with Crippen LogP contribution in [0.2, 0.25) is 0 Å². The number of rotatable bonds is 20. The fraction of sp³-hybridized carbons (Fsp3) is 1.00. The molecule has 0 aliphatic rings. The Morgan fingerprint density at radius 3 is 0.960 bits per heavy atom. The van der Waals surface area contributed by atoms with E-state index in [1.54, 1.807) is 0 Å². The second-order valence-electron chi connectivity index (χ2n) is 5.57. The van der Waals surface area contributed by atoms with Crippen LogP contribution in [-0.2, 0) is 27.1 Å². The molecule has 0 aromatic rings. The van der Waals surface area contributed by atoms with E-state index in [1.807, 2.05) is 0 Å². The number of hydrogen-bond donors (Lipinski definition) is 0. The summed E-state index contributed by atoms with van der Waals surface area (Å²) in [5, 5.41) is 0. The molecule has 0 aromatic heterocycles. The smallest absolute Gasteiger partial charge is 0.312 e. The Bertz CT molecular complexity index is 217. The maximum atomic E-state index is 5.67. The number of unbranched alkanes of at least 4 members (excludes halogenated alkanes) is 4. The molecule has 0 bridgehead atoms. The van der Waals surface area contributed by atoms with E-state index in [0.717, 1.165) is 51.4 Å². The van der Waals surface area contributed by atoms with Crippen LogP contribution in [-0.4, -0.2) is 33.2 Å². The highest BCUT2D eigenvalue weighted by Gasteiger charge is 2.17. The monoisotopic (exact) mass is 400 g/mol. The Kier molecular flexibility index (Phi) is 21.4. The minimum absolute atomic E-state index is 0.0634. The van der Waals surface area contributed by atoms with E-state index in [4.69, 9.17) is 27.1 Å². The lowest BCUT2D eigenvalue weighted by Crippen LogP contribution is -2.03. The van der Waals surface area contributed by atoms with Gasteiger partial charge in [-0.1, -0.05) is 53.4 Å². The second-order valence-corrected chi connectivity index (χ2v) is 8.01. The van der Waals surface area contributed by atoms with Crippen molar-refractivity contribution in [1.29, 1.82) is 0 Å². The van der Waals surface area contributed by atoms with Gasteiger partial charge in [0.25, 0.3) is 0 Å². The first-order chi connectivity index (χ1) is 12.3. The summed E-state index contributed by atoms with van der Waals surface area (Å²) in [7, 11) is -2.74. The summed E-state index contributed by atoms with van der Waals surface area (Å²) in [5.41, 5.74) is 0. The summed E-state index contributed by atoms with van der Waals surface area (Å²) in [6.45, 7) is 11.1. The highest BCUT2D eigenvalue weighted by Crippen LogP contribution is 2.44. The fourth-order valence-electron chi connectivity index (χ4n) is 1.47. The molecule has 0 aliphatic carbocycles. The van der Waals surface area contributed by atoms with Gasteiger partial charge in [0, 0.05) is 0 Å². The molecular formula is C17H38O6P2. The summed E-state index contributed by atoms with van der Waals surface area (Å²) in [5.74, 6) is 0. The van der Waals surface area contributed by atoms with E-state index in [9.17, 15) is 0 Å². The predicted octanol–water partition coefficient (Wildman–Crippen LogP) is 6.70. The summed E-state index contributed by atoms with van der Waals surface area (Å²) in [6.07, 6.45) is 8.29. The largest absolute Gasteiger partial charge is 0.334 e. The molecule has 0 unspecified atom stereocenters. The summed E-state index contributed by atoms with van der Waals surface area (Å²) >= 11 is 0. The zero-order chi connectivity index (χ0) is 18.6. The van der Waals surface area contributed by atoms with Crippen molar-refractivity contribution in [3.63, 3.8) is 0 Å². The van der Waals surface area contributed by atoms with Gasteiger partial charge in [-0.15, -0.1) is 0 Å². The van der Waals surface area contributed by atoms with Gasteiger partial charge in [-0.05, 0) is 25.7 Å². The van der Waals surface area contributed by atoms with Crippen LogP contribution >= 0.6 is 17.2 Å². The van der Waals surface area contributed by atoms with Crippen molar-refractivity contribution in [1.82, 2.24) is 0 Å². The Hall–Kier alpha value is 0.620. The van der Waals surface area contributed by atoms with Crippen molar-refractivity contribution in [2.24, 2.45) is 0 Å². The summed E-state index contributed by atoms with van der Waals surface area (Å²) < 4.78 is 34.0. The van der Waals surface area contributed by atoms with Gasteiger partial charge in [0.05, 0.1) is 26.4 Å². The van der Waals surface area contributed by atoms with Crippen LogP contribution in [0.1, 0.15) is 79.1 Å². The standard InChI is InChI=1S/C17H38O6P2/c1-5-9-13-18-24(19-14-10-6-2)22-17-23-25(20-15-11-7-3)21-16-12-8-4/h5-17H2,1-4H3. The van der Waals surface area contributed by atoms with Crippen LogP contribution in [0, 0.1) is 0 Å². The van der Waals surface area contributed by atoms with E-state index < -0.39 is 17.2 Å². The third-order valence-corrected chi connectivity index (χ3v) is 5.30. The molecule has 0 heterocycles. The van der Waals surface area contributed by atoms with Crippen molar-refractivity contribution in [2.45, 2.75) is 79.1 Å². The van der Waals surface area contributed by atoms with E-state index >= 15 is 0 Å². The van der Waals surface area contributed by atoms with Crippen LogP contribution in [0.3, 0.4) is 0 Å². The molecule has 0 saturated heterocycles. The minimum atomic E-state index is -1.37. The zero-order valence-electron chi connectivity index (χ0n) is 16.5. The van der Waals surface area contributed by atoms with Crippen molar-refractivity contribution >= 4 is 17.2 Å². The first-order valence-electron chi connectivity index (χ1n) is 9.66. The normalized spacial score (nSPS) is 11.8. The minimum Gasteiger partial charge on any atom is -0.312 e. The van der Waals surface area contributed by atoms with Gasteiger partial charge < -0.3 is 18.1 Å². The average Bonchev–Trinajstić information content (AvgIpc) is 2.61. The van der Waals surface area contributed by atoms with E-state index in [1.165, 1.54) is 0 Å². The molecule has 0 amide bonds. The van der Waals surface area contributed by atoms with Crippen molar-refractivity contribution in [2.75, 3.05) is 33.2 Å². The fourth-order valence-corrected chi connectivity index (χ4v) is 3.39. The maximum absolute atomic E-state index is 5.67. The molecule has 0 N–H and O–H groups in total. The van der Waals surface area contributed by atoms with Crippen molar-refractivity contribution in [3.05, 3.63) is 0 Å². The Labute approximate surface area is 157 Å². The van der Waals surface area contributed by atoms with Crippen LogP contribution in [0.15, 0.2) is 0 Å². The van der Waals surface area contributed by atoms with E-state index in [-0.39, 0.29) is 6.79 Å². The maximum Gasteiger partial charge on any atom is 0.334 e. The van der Waals surface area contributed by atoms with E-state index in [0.29, 0.717) is 26.4 Å².